The molecule has 0 aliphatic carbocycles. The predicted octanol–water partition coefficient (Wildman–Crippen LogP) is 5.85. The van der Waals surface area contributed by atoms with Gasteiger partial charge in [0, 0.05) is 27.6 Å². The van der Waals surface area contributed by atoms with Gasteiger partial charge in [0.25, 0.3) is 0 Å². The average Bonchev–Trinajstić information content (AvgIpc) is 2.58. The molecule has 0 atom stereocenters. The number of nitrogens with zero attached hydrogens (tertiary/aromatic N) is 2. The fourth-order valence-electron chi connectivity index (χ4n) is 2.89. The quantitative estimate of drug-likeness (QED) is 0.534. The third kappa shape index (κ3) is 2.81. The maximum atomic E-state index is 13.9. The van der Waals surface area contributed by atoms with E-state index in [0.717, 1.165) is 27.8 Å². The SMILES string of the molecule is CC1(C)N=C(c2cnc3c(F)c(F)ccc3c2)c2cccc(Cl)c2S1. The third-order valence-corrected chi connectivity index (χ3v) is 5.63. The summed E-state index contributed by atoms with van der Waals surface area (Å²) in [4.78, 5) is 9.52. The number of aliphatic imine (C=N–C) groups is 1. The summed E-state index contributed by atoms with van der Waals surface area (Å²) >= 11 is 7.97. The van der Waals surface area contributed by atoms with Gasteiger partial charge in [0.05, 0.1) is 10.7 Å². The Labute approximate surface area is 152 Å². The number of pyridine rings is 1. The summed E-state index contributed by atoms with van der Waals surface area (Å²) in [7, 11) is 0. The van der Waals surface area contributed by atoms with Crippen molar-refractivity contribution in [3.8, 4) is 0 Å². The minimum absolute atomic E-state index is 0.0140. The van der Waals surface area contributed by atoms with E-state index in [2.05, 4.69) is 4.98 Å². The van der Waals surface area contributed by atoms with Crippen molar-refractivity contribution in [3.63, 3.8) is 0 Å². The second-order valence-electron chi connectivity index (χ2n) is 6.28. The van der Waals surface area contributed by atoms with E-state index in [4.69, 9.17) is 16.6 Å². The number of hydrogen-bond acceptors (Lipinski definition) is 3. The number of aromatic nitrogens is 1. The van der Waals surface area contributed by atoms with Crippen molar-refractivity contribution < 1.29 is 8.78 Å². The highest BCUT2D eigenvalue weighted by atomic mass is 35.5. The molecule has 1 aliphatic heterocycles. The van der Waals surface area contributed by atoms with Crippen LogP contribution in [-0.2, 0) is 0 Å². The number of benzene rings is 2. The molecule has 0 saturated carbocycles. The van der Waals surface area contributed by atoms with Gasteiger partial charge in [0.15, 0.2) is 11.6 Å². The van der Waals surface area contributed by atoms with E-state index in [-0.39, 0.29) is 5.52 Å². The van der Waals surface area contributed by atoms with Crippen molar-refractivity contribution in [1.29, 1.82) is 0 Å². The van der Waals surface area contributed by atoms with E-state index in [1.807, 2.05) is 32.0 Å². The molecule has 126 valence electrons. The molecule has 25 heavy (non-hydrogen) atoms. The van der Waals surface area contributed by atoms with Gasteiger partial charge in [-0.2, -0.15) is 0 Å². The van der Waals surface area contributed by atoms with Gasteiger partial charge >= 0.3 is 0 Å². The molecule has 0 N–H and O–H groups in total. The normalized spacial score (nSPS) is 15.8. The van der Waals surface area contributed by atoms with E-state index in [1.165, 1.54) is 12.3 Å². The van der Waals surface area contributed by atoms with Crippen LogP contribution in [0, 0.1) is 11.6 Å². The average molecular weight is 375 g/mol. The Hall–Kier alpha value is -1.98. The van der Waals surface area contributed by atoms with Crippen LogP contribution in [0.1, 0.15) is 25.0 Å². The first-order chi connectivity index (χ1) is 11.9. The third-order valence-electron chi connectivity index (χ3n) is 3.97. The molecule has 0 unspecified atom stereocenters. The zero-order valence-electron chi connectivity index (χ0n) is 13.5. The van der Waals surface area contributed by atoms with E-state index < -0.39 is 16.5 Å². The first kappa shape index (κ1) is 16.5. The molecule has 3 aromatic rings. The van der Waals surface area contributed by atoms with Gasteiger partial charge in [-0.25, -0.2) is 8.78 Å². The lowest BCUT2D eigenvalue weighted by Gasteiger charge is -2.29. The Bertz CT molecular complexity index is 1050. The maximum absolute atomic E-state index is 13.9. The highest BCUT2D eigenvalue weighted by molar-refractivity contribution is 8.00. The molecule has 4 rings (SSSR count). The van der Waals surface area contributed by atoms with Crippen LogP contribution in [-0.4, -0.2) is 15.6 Å². The number of halogens is 3. The van der Waals surface area contributed by atoms with Gasteiger partial charge in [-0.15, -0.1) is 0 Å². The molecule has 0 amide bonds. The molecule has 2 heterocycles. The van der Waals surface area contributed by atoms with Crippen LogP contribution in [0.25, 0.3) is 10.9 Å². The summed E-state index contributed by atoms with van der Waals surface area (Å²) < 4.78 is 27.3. The molecule has 0 spiro atoms. The minimum atomic E-state index is -0.936. The lowest BCUT2D eigenvalue weighted by Crippen LogP contribution is -2.22. The fourth-order valence-corrected chi connectivity index (χ4v) is 4.26. The zero-order chi connectivity index (χ0) is 17.8. The minimum Gasteiger partial charge on any atom is -0.267 e. The molecule has 1 aliphatic rings. The van der Waals surface area contributed by atoms with E-state index in [9.17, 15) is 8.78 Å². The zero-order valence-corrected chi connectivity index (χ0v) is 15.1. The Morgan fingerprint density at radius 2 is 1.92 bits per heavy atom. The molecular formula is C19H13ClF2N2S. The van der Waals surface area contributed by atoms with Gasteiger partial charge in [-0.05, 0) is 38.1 Å². The summed E-state index contributed by atoms with van der Waals surface area (Å²) in [5, 5.41) is 1.20. The largest absolute Gasteiger partial charge is 0.267 e. The van der Waals surface area contributed by atoms with Crippen molar-refractivity contribution in [2.24, 2.45) is 4.99 Å². The van der Waals surface area contributed by atoms with E-state index >= 15 is 0 Å². The number of rotatable bonds is 1. The Morgan fingerprint density at radius 1 is 1.12 bits per heavy atom. The topological polar surface area (TPSA) is 25.2 Å². The van der Waals surface area contributed by atoms with Crippen LogP contribution >= 0.6 is 23.4 Å². The summed E-state index contributed by atoms with van der Waals surface area (Å²) in [6.07, 6.45) is 1.53. The first-order valence-corrected chi connectivity index (χ1v) is 8.87. The molecule has 0 bridgehead atoms. The van der Waals surface area contributed by atoms with Crippen molar-refractivity contribution in [1.82, 2.24) is 4.98 Å². The summed E-state index contributed by atoms with van der Waals surface area (Å²) in [5.74, 6) is -1.84. The van der Waals surface area contributed by atoms with Crippen LogP contribution in [0.4, 0.5) is 8.78 Å². The second-order valence-corrected chi connectivity index (χ2v) is 8.30. The van der Waals surface area contributed by atoms with Crippen molar-refractivity contribution in [3.05, 3.63) is 70.4 Å². The van der Waals surface area contributed by atoms with E-state index in [0.29, 0.717) is 10.4 Å². The second kappa shape index (κ2) is 5.78. The van der Waals surface area contributed by atoms with Crippen LogP contribution < -0.4 is 0 Å². The lowest BCUT2D eigenvalue weighted by molar-refractivity contribution is 0.515. The standard InChI is InChI=1S/C19H13ClF2N2S/c1-19(2)24-16(12-4-3-5-13(20)18(12)25-19)11-8-10-6-7-14(21)15(22)17(10)23-9-11/h3-9H,1-2H3. The van der Waals surface area contributed by atoms with Gasteiger partial charge in [-0.3, -0.25) is 9.98 Å². The molecule has 0 saturated heterocycles. The van der Waals surface area contributed by atoms with Crippen LogP contribution in [0.2, 0.25) is 5.02 Å². The molecule has 1 aromatic heterocycles. The summed E-state index contributed by atoms with van der Waals surface area (Å²) in [6, 6.07) is 10.1. The molecule has 6 heteroatoms. The Balaban J connectivity index is 1.94. The number of thioether (sulfide) groups is 1. The molecule has 2 nitrogen and oxygen atoms in total. The fraction of sp³-hybridized carbons (Fsp3) is 0.158. The molecule has 2 aromatic carbocycles. The molecule has 0 fully saturated rings. The van der Waals surface area contributed by atoms with Crippen molar-refractivity contribution in [2.45, 2.75) is 23.6 Å². The Morgan fingerprint density at radius 3 is 2.72 bits per heavy atom. The summed E-state index contributed by atoms with van der Waals surface area (Å²) in [6.45, 7) is 4.01. The van der Waals surface area contributed by atoms with Gasteiger partial charge in [-0.1, -0.05) is 35.5 Å². The number of hydrogen-bond donors (Lipinski definition) is 0. The van der Waals surface area contributed by atoms with Crippen molar-refractivity contribution >= 4 is 40.0 Å². The lowest BCUT2D eigenvalue weighted by atomic mass is 10.0. The summed E-state index contributed by atoms with van der Waals surface area (Å²) in [5.41, 5.74) is 2.43. The molecular weight excluding hydrogens is 362 g/mol. The maximum Gasteiger partial charge on any atom is 0.184 e. The van der Waals surface area contributed by atoms with Crippen LogP contribution in [0.15, 0.2) is 52.5 Å². The highest BCUT2D eigenvalue weighted by Crippen LogP contribution is 2.44. The smallest absolute Gasteiger partial charge is 0.184 e. The van der Waals surface area contributed by atoms with Crippen molar-refractivity contribution in [2.75, 3.05) is 0 Å². The monoisotopic (exact) mass is 374 g/mol. The highest BCUT2D eigenvalue weighted by Gasteiger charge is 2.30. The first-order valence-electron chi connectivity index (χ1n) is 7.67. The van der Waals surface area contributed by atoms with Crippen LogP contribution in [0.3, 0.4) is 0 Å². The van der Waals surface area contributed by atoms with Gasteiger partial charge < -0.3 is 0 Å². The Kier molecular flexibility index (Phi) is 3.81. The van der Waals surface area contributed by atoms with Gasteiger partial charge in [0.1, 0.15) is 10.4 Å². The van der Waals surface area contributed by atoms with E-state index in [1.54, 1.807) is 17.8 Å². The number of fused-ring (bicyclic) bond motifs is 2. The van der Waals surface area contributed by atoms with Crippen LogP contribution in [0.5, 0.6) is 0 Å². The molecule has 0 radical (unpaired) electrons. The predicted molar refractivity (Wildman–Crippen MR) is 98.7 cm³/mol. The van der Waals surface area contributed by atoms with Gasteiger partial charge in [0.2, 0.25) is 0 Å².